The zero-order valence-corrected chi connectivity index (χ0v) is 15.5. The van der Waals surface area contributed by atoms with Gasteiger partial charge in [-0.3, -0.25) is 0 Å². The van der Waals surface area contributed by atoms with Gasteiger partial charge in [-0.1, -0.05) is 6.07 Å². The van der Waals surface area contributed by atoms with Gasteiger partial charge in [0.1, 0.15) is 0 Å². The van der Waals surface area contributed by atoms with Crippen LogP contribution in [-0.4, -0.2) is 56.3 Å². The highest BCUT2D eigenvalue weighted by Crippen LogP contribution is 2.30. The molecule has 1 aliphatic rings. The third kappa shape index (κ3) is 3.56. The average Bonchev–Trinajstić information content (AvgIpc) is 3.23. The SMILES string of the molecule is CN(C)CCc1c[nH]c2ccc(C(C#N)S(=O)(=O)N3CCCC3)cc12. The molecule has 25 heavy (non-hydrogen) atoms. The van der Waals surface area contributed by atoms with Crippen molar-refractivity contribution in [2.45, 2.75) is 24.5 Å². The predicted octanol–water partition coefficient (Wildman–Crippen LogP) is 2.26. The Morgan fingerprint density at radius 1 is 1.32 bits per heavy atom. The molecule has 6 nitrogen and oxygen atoms in total. The van der Waals surface area contributed by atoms with Crippen molar-refractivity contribution in [3.63, 3.8) is 0 Å². The Kier molecular flexibility index (Phi) is 5.13. The Labute approximate surface area is 149 Å². The molecule has 1 fully saturated rings. The molecule has 2 heterocycles. The molecular formula is C18H24N4O2S. The molecule has 0 amide bonds. The third-order valence-corrected chi connectivity index (χ3v) is 6.82. The second-order valence-electron chi connectivity index (χ2n) is 6.83. The van der Waals surface area contributed by atoms with E-state index in [-0.39, 0.29) is 0 Å². The van der Waals surface area contributed by atoms with Crippen molar-refractivity contribution in [3.05, 3.63) is 35.5 Å². The van der Waals surface area contributed by atoms with Crippen molar-refractivity contribution >= 4 is 20.9 Å². The summed E-state index contributed by atoms with van der Waals surface area (Å²) < 4.78 is 27.1. The van der Waals surface area contributed by atoms with E-state index < -0.39 is 15.3 Å². The van der Waals surface area contributed by atoms with Gasteiger partial charge in [0.15, 0.2) is 5.25 Å². The third-order valence-electron chi connectivity index (χ3n) is 4.76. The molecule has 0 spiro atoms. The number of hydrogen-bond donors (Lipinski definition) is 1. The summed E-state index contributed by atoms with van der Waals surface area (Å²) in [7, 11) is 0.404. The van der Waals surface area contributed by atoms with Crippen LogP contribution in [0.5, 0.6) is 0 Å². The van der Waals surface area contributed by atoms with Crippen molar-refractivity contribution in [1.29, 1.82) is 5.26 Å². The fourth-order valence-corrected chi connectivity index (χ4v) is 5.00. The van der Waals surface area contributed by atoms with Gasteiger partial charge in [-0.25, -0.2) is 12.7 Å². The van der Waals surface area contributed by atoms with E-state index in [0.717, 1.165) is 42.3 Å². The van der Waals surface area contributed by atoms with Gasteiger partial charge < -0.3 is 9.88 Å². The summed E-state index contributed by atoms with van der Waals surface area (Å²) in [5.41, 5.74) is 2.65. The highest BCUT2D eigenvalue weighted by molar-refractivity contribution is 7.89. The molecule has 1 aromatic heterocycles. The van der Waals surface area contributed by atoms with Crippen LogP contribution in [0.25, 0.3) is 10.9 Å². The number of H-pyrrole nitrogens is 1. The van der Waals surface area contributed by atoms with E-state index in [2.05, 4.69) is 9.88 Å². The number of nitrogens with zero attached hydrogens (tertiary/aromatic N) is 3. The molecule has 1 aliphatic heterocycles. The van der Waals surface area contributed by atoms with Crippen LogP contribution in [0.4, 0.5) is 0 Å². The fourth-order valence-electron chi connectivity index (χ4n) is 3.31. The number of aromatic nitrogens is 1. The molecule has 7 heteroatoms. The van der Waals surface area contributed by atoms with Gasteiger partial charge >= 0.3 is 0 Å². The lowest BCUT2D eigenvalue weighted by Gasteiger charge is -2.19. The molecule has 2 aromatic rings. The maximum atomic E-state index is 12.8. The zero-order valence-electron chi connectivity index (χ0n) is 14.7. The molecule has 1 aromatic carbocycles. The topological polar surface area (TPSA) is 80.2 Å². The summed E-state index contributed by atoms with van der Waals surface area (Å²) in [6.07, 6.45) is 4.56. The molecule has 134 valence electrons. The summed E-state index contributed by atoms with van der Waals surface area (Å²) in [5.74, 6) is 0. The molecular weight excluding hydrogens is 336 g/mol. The molecule has 0 aliphatic carbocycles. The summed E-state index contributed by atoms with van der Waals surface area (Å²) in [6.45, 7) is 1.94. The number of benzene rings is 1. The van der Waals surface area contributed by atoms with Gasteiger partial charge in [0.2, 0.25) is 10.0 Å². The van der Waals surface area contributed by atoms with E-state index in [1.54, 1.807) is 6.07 Å². The second kappa shape index (κ2) is 7.16. The highest BCUT2D eigenvalue weighted by atomic mass is 32.2. The number of likely N-dealkylation sites (N-methyl/N-ethyl adjacent to an activating group) is 1. The number of hydrogen-bond acceptors (Lipinski definition) is 4. The number of nitriles is 1. The van der Waals surface area contributed by atoms with Crippen LogP contribution in [0.3, 0.4) is 0 Å². The van der Waals surface area contributed by atoms with Crippen molar-refractivity contribution in [3.8, 4) is 6.07 Å². The van der Waals surface area contributed by atoms with Crippen LogP contribution in [-0.2, 0) is 16.4 Å². The Balaban J connectivity index is 1.96. The van der Waals surface area contributed by atoms with Crippen LogP contribution in [0.1, 0.15) is 29.2 Å². The van der Waals surface area contributed by atoms with Crippen molar-refractivity contribution in [1.82, 2.24) is 14.2 Å². The Morgan fingerprint density at radius 3 is 2.68 bits per heavy atom. The number of rotatable bonds is 6. The minimum atomic E-state index is -3.64. The van der Waals surface area contributed by atoms with Crippen LogP contribution in [0.2, 0.25) is 0 Å². The van der Waals surface area contributed by atoms with Gasteiger partial charge in [-0.2, -0.15) is 5.26 Å². The van der Waals surface area contributed by atoms with E-state index in [9.17, 15) is 13.7 Å². The Morgan fingerprint density at radius 2 is 2.04 bits per heavy atom. The molecule has 1 atom stereocenters. The van der Waals surface area contributed by atoms with Crippen molar-refractivity contribution in [2.75, 3.05) is 33.7 Å². The van der Waals surface area contributed by atoms with Crippen LogP contribution >= 0.6 is 0 Å². The lowest BCUT2D eigenvalue weighted by molar-refractivity contribution is 0.414. The molecule has 0 radical (unpaired) electrons. The smallest absolute Gasteiger partial charge is 0.234 e. The minimum Gasteiger partial charge on any atom is -0.361 e. The van der Waals surface area contributed by atoms with Crippen LogP contribution < -0.4 is 0 Å². The molecule has 0 saturated carbocycles. The lowest BCUT2D eigenvalue weighted by atomic mass is 10.1. The largest absolute Gasteiger partial charge is 0.361 e. The number of aromatic amines is 1. The standard InChI is InChI=1S/C18H24N4O2S/c1-21(2)10-7-15-13-20-17-6-5-14(11-16(15)17)18(12-19)25(23,24)22-8-3-4-9-22/h5-6,11,13,18,20H,3-4,7-10H2,1-2H3. The Hall–Kier alpha value is -1.88. The van der Waals surface area contributed by atoms with E-state index in [0.29, 0.717) is 18.7 Å². The number of sulfonamides is 1. The average molecular weight is 360 g/mol. The first-order valence-electron chi connectivity index (χ1n) is 8.56. The second-order valence-corrected chi connectivity index (χ2v) is 8.85. The van der Waals surface area contributed by atoms with E-state index in [1.165, 1.54) is 4.31 Å². The molecule has 3 rings (SSSR count). The highest BCUT2D eigenvalue weighted by Gasteiger charge is 2.35. The van der Waals surface area contributed by atoms with E-state index >= 15 is 0 Å². The fraction of sp³-hybridized carbons (Fsp3) is 0.500. The van der Waals surface area contributed by atoms with Gasteiger partial charge in [0.05, 0.1) is 6.07 Å². The van der Waals surface area contributed by atoms with Gasteiger partial charge in [-0.15, -0.1) is 0 Å². The van der Waals surface area contributed by atoms with E-state index in [1.807, 2.05) is 38.5 Å². The monoisotopic (exact) mass is 360 g/mol. The lowest BCUT2D eigenvalue weighted by Crippen LogP contribution is -2.32. The Bertz CT molecular complexity index is 889. The predicted molar refractivity (Wildman–Crippen MR) is 98.6 cm³/mol. The zero-order chi connectivity index (χ0) is 18.0. The minimum absolute atomic E-state index is 0.515. The normalized spacial score (nSPS) is 17.2. The van der Waals surface area contributed by atoms with E-state index in [4.69, 9.17) is 0 Å². The maximum Gasteiger partial charge on any atom is 0.234 e. The van der Waals surface area contributed by atoms with Crippen LogP contribution in [0, 0.1) is 11.3 Å². The summed E-state index contributed by atoms with van der Waals surface area (Å²) in [6, 6.07) is 7.49. The van der Waals surface area contributed by atoms with Crippen LogP contribution in [0.15, 0.2) is 24.4 Å². The first-order valence-corrected chi connectivity index (χ1v) is 10.1. The quantitative estimate of drug-likeness (QED) is 0.857. The number of nitrogens with one attached hydrogen (secondary N) is 1. The van der Waals surface area contributed by atoms with Gasteiger partial charge in [-0.05, 0) is 56.6 Å². The molecule has 1 N–H and O–H groups in total. The molecule has 0 bridgehead atoms. The molecule has 1 saturated heterocycles. The van der Waals surface area contributed by atoms with Gasteiger partial charge in [0, 0.05) is 36.7 Å². The van der Waals surface area contributed by atoms with Crippen molar-refractivity contribution in [2.24, 2.45) is 0 Å². The number of fused-ring (bicyclic) bond motifs is 1. The van der Waals surface area contributed by atoms with Gasteiger partial charge in [0.25, 0.3) is 0 Å². The molecule has 1 unspecified atom stereocenters. The summed E-state index contributed by atoms with van der Waals surface area (Å²) in [4.78, 5) is 5.34. The summed E-state index contributed by atoms with van der Waals surface area (Å²) >= 11 is 0. The maximum absolute atomic E-state index is 12.8. The first kappa shape index (κ1) is 17.9. The van der Waals surface area contributed by atoms with Crippen molar-refractivity contribution < 1.29 is 8.42 Å². The first-order chi connectivity index (χ1) is 11.9. The summed E-state index contributed by atoms with van der Waals surface area (Å²) in [5, 5.41) is 9.42.